The standard InChI is InChI=1S/C33H44FN3O5/c1-33(2,3)42-32(40)37-29(16-22-10-6-4-7-11-22)31(39)36-26(19-30(38)41-21-23-12-8-5-9-13-23)17-24-20-35-28-15-14-25(34)18-27(24)28/h5,8-9,12-15,18,22,24,26,29,35H,4,6-7,10-11,16-17,19-21H2,1-3H3,(H,36,39)(H,37,40)/t24?,26-,29?/m0/s1. The Morgan fingerprint density at radius 2 is 1.74 bits per heavy atom. The zero-order valence-electron chi connectivity index (χ0n) is 24.9. The summed E-state index contributed by atoms with van der Waals surface area (Å²) in [5.74, 6) is -0.943. The van der Waals surface area contributed by atoms with Crippen molar-refractivity contribution in [2.45, 2.75) is 102 Å². The first-order valence-electron chi connectivity index (χ1n) is 15.1. The first kappa shape index (κ1) is 31.3. The highest BCUT2D eigenvalue weighted by Crippen LogP contribution is 2.35. The predicted octanol–water partition coefficient (Wildman–Crippen LogP) is 6.21. The molecule has 3 N–H and O–H groups in total. The number of esters is 1. The van der Waals surface area contributed by atoms with Gasteiger partial charge in [-0.1, -0.05) is 62.4 Å². The molecule has 0 radical (unpaired) electrons. The van der Waals surface area contributed by atoms with Gasteiger partial charge in [0.2, 0.25) is 5.91 Å². The molecule has 0 saturated heterocycles. The maximum absolute atomic E-state index is 14.1. The molecule has 1 aliphatic carbocycles. The van der Waals surface area contributed by atoms with E-state index < -0.39 is 29.7 Å². The van der Waals surface area contributed by atoms with E-state index in [1.54, 1.807) is 26.8 Å². The minimum atomic E-state index is -0.808. The number of alkyl carbamates (subject to hydrolysis) is 1. The Bertz CT molecular complexity index is 1210. The molecule has 1 saturated carbocycles. The van der Waals surface area contributed by atoms with Gasteiger partial charge in [-0.05, 0) is 68.9 Å². The fraction of sp³-hybridized carbons (Fsp3) is 0.545. The first-order chi connectivity index (χ1) is 20.1. The Hall–Kier alpha value is -3.62. The molecule has 1 heterocycles. The molecule has 2 aliphatic rings. The summed E-state index contributed by atoms with van der Waals surface area (Å²) in [6.07, 6.45) is 5.59. The number of nitrogens with one attached hydrogen (secondary N) is 3. The number of hydrogen-bond acceptors (Lipinski definition) is 6. The van der Waals surface area contributed by atoms with Crippen LogP contribution >= 0.6 is 0 Å². The topological polar surface area (TPSA) is 106 Å². The lowest BCUT2D eigenvalue weighted by Crippen LogP contribution is -2.52. The van der Waals surface area contributed by atoms with E-state index in [2.05, 4.69) is 16.0 Å². The van der Waals surface area contributed by atoms with Gasteiger partial charge in [0.1, 0.15) is 24.1 Å². The molecule has 1 fully saturated rings. The van der Waals surface area contributed by atoms with Crippen LogP contribution in [0.1, 0.15) is 89.2 Å². The lowest BCUT2D eigenvalue weighted by atomic mass is 9.84. The average Bonchev–Trinajstić information content (AvgIpc) is 3.33. The summed E-state index contributed by atoms with van der Waals surface area (Å²) in [5, 5.41) is 9.13. The molecule has 4 rings (SSSR count). The van der Waals surface area contributed by atoms with E-state index in [0.717, 1.165) is 42.5 Å². The molecule has 228 valence electrons. The van der Waals surface area contributed by atoms with Crippen LogP contribution in [0.4, 0.5) is 14.9 Å². The van der Waals surface area contributed by atoms with Crippen LogP contribution in [-0.4, -0.2) is 42.2 Å². The smallest absolute Gasteiger partial charge is 0.408 e. The van der Waals surface area contributed by atoms with Crippen molar-refractivity contribution in [3.05, 3.63) is 65.5 Å². The van der Waals surface area contributed by atoms with E-state index >= 15 is 0 Å². The minimum absolute atomic E-state index is 0.0533. The van der Waals surface area contributed by atoms with Gasteiger partial charge < -0.3 is 25.4 Å². The molecule has 9 heteroatoms. The largest absolute Gasteiger partial charge is 0.461 e. The molecular formula is C33H44FN3O5. The van der Waals surface area contributed by atoms with Gasteiger partial charge in [-0.25, -0.2) is 9.18 Å². The van der Waals surface area contributed by atoms with Gasteiger partial charge in [0, 0.05) is 24.2 Å². The fourth-order valence-corrected chi connectivity index (χ4v) is 5.86. The third-order valence-electron chi connectivity index (χ3n) is 7.86. The number of carbonyl (C=O) groups is 3. The van der Waals surface area contributed by atoms with Crippen molar-refractivity contribution >= 4 is 23.7 Å². The summed E-state index contributed by atoms with van der Waals surface area (Å²) in [4.78, 5) is 39.4. The molecule has 0 aromatic heterocycles. The van der Waals surface area contributed by atoms with Crippen LogP contribution in [0, 0.1) is 11.7 Å². The summed E-state index contributed by atoms with van der Waals surface area (Å²) in [6.45, 7) is 6.01. The lowest BCUT2D eigenvalue weighted by molar-refractivity contribution is -0.145. The zero-order valence-corrected chi connectivity index (χ0v) is 24.9. The van der Waals surface area contributed by atoms with Crippen molar-refractivity contribution in [3.8, 4) is 0 Å². The number of halogens is 1. The van der Waals surface area contributed by atoms with E-state index in [0.29, 0.717) is 25.3 Å². The van der Waals surface area contributed by atoms with Crippen LogP contribution in [0.3, 0.4) is 0 Å². The van der Waals surface area contributed by atoms with Crippen molar-refractivity contribution in [3.63, 3.8) is 0 Å². The number of rotatable bonds is 11. The van der Waals surface area contributed by atoms with E-state index in [4.69, 9.17) is 9.47 Å². The van der Waals surface area contributed by atoms with Crippen LogP contribution in [0.2, 0.25) is 0 Å². The van der Waals surface area contributed by atoms with E-state index in [-0.39, 0.29) is 30.7 Å². The normalized spacial score (nSPS) is 18.2. The second-order valence-electron chi connectivity index (χ2n) is 12.5. The number of anilines is 1. The van der Waals surface area contributed by atoms with Gasteiger partial charge in [-0.3, -0.25) is 9.59 Å². The van der Waals surface area contributed by atoms with Crippen molar-refractivity contribution < 1.29 is 28.2 Å². The van der Waals surface area contributed by atoms with Crippen LogP contribution in [0.25, 0.3) is 0 Å². The molecule has 1 aliphatic heterocycles. The predicted molar refractivity (Wildman–Crippen MR) is 159 cm³/mol. The molecule has 0 spiro atoms. The Kier molecular flexibility index (Phi) is 10.8. The number of ether oxygens (including phenoxy) is 2. The third-order valence-corrected chi connectivity index (χ3v) is 7.86. The molecule has 3 atom stereocenters. The Labute approximate surface area is 248 Å². The summed E-state index contributed by atoms with van der Waals surface area (Å²) in [5.41, 5.74) is 1.82. The molecular weight excluding hydrogens is 537 g/mol. The number of amides is 2. The van der Waals surface area contributed by atoms with Crippen LogP contribution in [0.15, 0.2) is 48.5 Å². The van der Waals surface area contributed by atoms with Crippen molar-refractivity contribution in [1.82, 2.24) is 10.6 Å². The number of carbonyl (C=O) groups excluding carboxylic acids is 3. The van der Waals surface area contributed by atoms with Gasteiger partial charge in [0.25, 0.3) is 0 Å². The van der Waals surface area contributed by atoms with Crippen molar-refractivity contribution in [1.29, 1.82) is 0 Å². The SMILES string of the molecule is CC(C)(C)OC(=O)NC(CC1CCCCC1)C(=O)N[C@H](CC(=O)OCc1ccccc1)CC1CNc2ccc(F)cc21. The maximum Gasteiger partial charge on any atom is 0.408 e. The minimum Gasteiger partial charge on any atom is -0.461 e. The highest BCUT2D eigenvalue weighted by atomic mass is 19.1. The van der Waals surface area contributed by atoms with Gasteiger partial charge >= 0.3 is 12.1 Å². The van der Waals surface area contributed by atoms with Gasteiger partial charge in [-0.15, -0.1) is 0 Å². The molecule has 2 aromatic carbocycles. The van der Waals surface area contributed by atoms with Gasteiger partial charge in [-0.2, -0.15) is 0 Å². The third kappa shape index (κ3) is 9.74. The molecule has 2 unspecified atom stereocenters. The monoisotopic (exact) mass is 581 g/mol. The van der Waals surface area contributed by atoms with Gasteiger partial charge in [0.05, 0.1) is 6.42 Å². The molecule has 2 aromatic rings. The Morgan fingerprint density at radius 3 is 2.45 bits per heavy atom. The summed E-state index contributed by atoms with van der Waals surface area (Å²) in [7, 11) is 0. The second kappa shape index (κ2) is 14.5. The van der Waals surface area contributed by atoms with Crippen LogP contribution in [0.5, 0.6) is 0 Å². The summed E-state index contributed by atoms with van der Waals surface area (Å²) >= 11 is 0. The Morgan fingerprint density at radius 1 is 1.00 bits per heavy atom. The quantitative estimate of drug-likeness (QED) is 0.273. The number of benzene rings is 2. The van der Waals surface area contributed by atoms with Gasteiger partial charge in [0.15, 0.2) is 0 Å². The summed E-state index contributed by atoms with van der Waals surface area (Å²) in [6, 6.07) is 12.6. The molecule has 8 nitrogen and oxygen atoms in total. The van der Waals surface area contributed by atoms with Crippen LogP contribution in [-0.2, 0) is 25.7 Å². The second-order valence-corrected chi connectivity index (χ2v) is 12.5. The van der Waals surface area contributed by atoms with E-state index in [1.807, 2.05) is 30.3 Å². The van der Waals surface area contributed by atoms with E-state index in [1.165, 1.54) is 18.6 Å². The van der Waals surface area contributed by atoms with Crippen molar-refractivity contribution in [2.75, 3.05) is 11.9 Å². The first-order valence-corrected chi connectivity index (χ1v) is 15.1. The highest BCUT2D eigenvalue weighted by molar-refractivity contribution is 5.86. The fourth-order valence-electron chi connectivity index (χ4n) is 5.86. The molecule has 2 amide bonds. The lowest BCUT2D eigenvalue weighted by Gasteiger charge is -2.29. The average molecular weight is 582 g/mol. The van der Waals surface area contributed by atoms with Crippen molar-refractivity contribution in [2.24, 2.45) is 5.92 Å². The number of hydrogen-bond donors (Lipinski definition) is 3. The zero-order chi connectivity index (χ0) is 30.1. The molecule has 42 heavy (non-hydrogen) atoms. The highest BCUT2D eigenvalue weighted by Gasteiger charge is 2.32. The van der Waals surface area contributed by atoms with E-state index in [9.17, 15) is 18.8 Å². The number of fused-ring (bicyclic) bond motifs is 1. The summed E-state index contributed by atoms with van der Waals surface area (Å²) < 4.78 is 25.1. The Balaban J connectivity index is 1.48. The maximum atomic E-state index is 14.1. The van der Waals surface area contributed by atoms with Crippen LogP contribution < -0.4 is 16.0 Å². The molecule has 0 bridgehead atoms.